The Morgan fingerprint density at radius 2 is 1.95 bits per heavy atom. The number of rotatable bonds is 12. The number of halogens is 1. The molecule has 1 saturated heterocycles. The molecule has 3 rings (SSSR count). The molecule has 2 aromatic rings. The second kappa shape index (κ2) is 12.1. The van der Waals surface area contributed by atoms with E-state index in [1.807, 2.05) is 18.8 Å². The van der Waals surface area contributed by atoms with Gasteiger partial charge in [-0.25, -0.2) is 13.8 Å². The first kappa shape index (κ1) is 28.7. The Hall–Kier alpha value is -2.83. The predicted molar refractivity (Wildman–Crippen MR) is 130 cm³/mol. The number of aromatic amines is 1. The predicted octanol–water partition coefficient (Wildman–Crippen LogP) is 2.16. The van der Waals surface area contributed by atoms with E-state index in [1.54, 1.807) is 18.2 Å². The third-order valence-electron chi connectivity index (χ3n) is 6.10. The Labute approximate surface area is 212 Å². The number of ether oxygens (including phenoxy) is 1. The van der Waals surface area contributed by atoms with E-state index in [4.69, 9.17) is 13.8 Å². The lowest BCUT2D eigenvalue weighted by atomic mass is 10.1. The molecule has 7 atom stereocenters. The van der Waals surface area contributed by atoms with Crippen molar-refractivity contribution in [3.63, 3.8) is 0 Å². The summed E-state index contributed by atoms with van der Waals surface area (Å²) in [4.78, 5) is 37.3. The summed E-state index contributed by atoms with van der Waals surface area (Å²) in [5.74, 6) is -1.20. The maximum Gasteiger partial charge on any atom is 0.462 e. The van der Waals surface area contributed by atoms with E-state index in [2.05, 4.69) is 0 Å². The molecule has 3 N–H and O–H groups in total. The van der Waals surface area contributed by atoms with E-state index in [-0.39, 0.29) is 18.2 Å². The van der Waals surface area contributed by atoms with Crippen LogP contribution in [-0.4, -0.2) is 68.0 Å². The van der Waals surface area contributed by atoms with E-state index in [0.29, 0.717) is 6.42 Å². The van der Waals surface area contributed by atoms with Gasteiger partial charge in [0, 0.05) is 18.8 Å². The van der Waals surface area contributed by atoms with Crippen LogP contribution in [0.3, 0.4) is 0 Å². The molecule has 1 aliphatic heterocycles. The zero-order valence-corrected chi connectivity index (χ0v) is 21.5. The Morgan fingerprint density at radius 3 is 2.54 bits per heavy atom. The zero-order chi connectivity index (χ0) is 27.3. The molecule has 0 saturated carbocycles. The van der Waals surface area contributed by atoms with Crippen molar-refractivity contribution < 1.29 is 37.7 Å². The first-order chi connectivity index (χ1) is 17.5. The molecule has 2 heterocycles. The lowest BCUT2D eigenvalue weighted by Crippen LogP contribution is -2.41. The van der Waals surface area contributed by atoms with Crippen LogP contribution in [0.4, 0.5) is 4.39 Å². The summed E-state index contributed by atoms with van der Waals surface area (Å²) in [6.07, 6.45) is -5.17. The van der Waals surface area contributed by atoms with Gasteiger partial charge >= 0.3 is 19.4 Å². The minimum Gasteiger partial charge on any atom is -0.480 e. The van der Waals surface area contributed by atoms with Gasteiger partial charge in [0.05, 0.1) is 6.61 Å². The zero-order valence-electron chi connectivity index (χ0n) is 20.6. The highest BCUT2D eigenvalue weighted by Gasteiger charge is 2.48. The molecule has 0 amide bonds. The fourth-order valence-corrected chi connectivity index (χ4v) is 5.71. The Kier molecular flexibility index (Phi) is 9.43. The number of aliphatic carboxylic acids is 1. The molecule has 204 valence electrons. The fraction of sp³-hybridized carbons (Fsp3) is 0.522. The number of aromatic nitrogens is 2. The van der Waals surface area contributed by atoms with E-state index < -0.39 is 62.2 Å². The van der Waals surface area contributed by atoms with Crippen molar-refractivity contribution >= 4 is 13.7 Å². The molecule has 0 aliphatic carbocycles. The molecule has 0 radical (unpaired) electrons. The average Bonchev–Trinajstić information content (AvgIpc) is 3.14. The Bertz CT molecular complexity index is 1220. The molecule has 0 spiro atoms. The number of carboxylic acids is 1. The number of para-hydroxylation sites is 1. The molecule has 1 aromatic heterocycles. The van der Waals surface area contributed by atoms with E-state index in [1.165, 1.54) is 19.1 Å². The molecule has 1 fully saturated rings. The highest BCUT2D eigenvalue weighted by molar-refractivity contribution is 7.51. The van der Waals surface area contributed by atoms with Crippen LogP contribution < -0.4 is 15.8 Å². The van der Waals surface area contributed by atoms with Gasteiger partial charge in [-0.2, -0.15) is 4.67 Å². The first-order valence-electron chi connectivity index (χ1n) is 11.7. The van der Waals surface area contributed by atoms with Gasteiger partial charge < -0.3 is 19.5 Å². The van der Waals surface area contributed by atoms with E-state index in [0.717, 1.165) is 21.5 Å². The number of nitrogens with one attached hydrogen (secondary N) is 1. The topological polar surface area (TPSA) is 160 Å². The smallest absolute Gasteiger partial charge is 0.462 e. The number of nitrogens with zero attached hydrogens (tertiary/aromatic N) is 2. The molecule has 14 heteroatoms. The number of benzene rings is 1. The molecule has 0 bridgehead atoms. The summed E-state index contributed by atoms with van der Waals surface area (Å²) in [6, 6.07) is 7.71. The minimum absolute atomic E-state index is 0.0449. The third-order valence-corrected chi connectivity index (χ3v) is 8.16. The number of carboxylic acid groups (broad SMARTS) is 1. The van der Waals surface area contributed by atoms with Crippen LogP contribution in [0, 0.1) is 5.92 Å². The highest BCUT2D eigenvalue weighted by atomic mass is 31.2. The number of hydrogen-bond acceptors (Lipinski definition) is 8. The average molecular weight is 543 g/mol. The lowest BCUT2D eigenvalue weighted by molar-refractivity contribution is -0.141. The molecular formula is C23H31FN3O9P. The minimum atomic E-state index is -4.41. The van der Waals surface area contributed by atoms with Crippen molar-refractivity contribution in [1.82, 2.24) is 14.2 Å². The third kappa shape index (κ3) is 6.74. The van der Waals surface area contributed by atoms with Gasteiger partial charge in [0.2, 0.25) is 0 Å². The largest absolute Gasteiger partial charge is 0.480 e. The summed E-state index contributed by atoms with van der Waals surface area (Å²) >= 11 is 0. The summed E-state index contributed by atoms with van der Waals surface area (Å²) in [5.41, 5.74) is -1.63. The first-order valence-corrected chi connectivity index (χ1v) is 13.2. The van der Waals surface area contributed by atoms with Crippen molar-refractivity contribution in [3.8, 4) is 5.75 Å². The lowest BCUT2D eigenvalue weighted by Gasteiger charge is -2.34. The van der Waals surface area contributed by atoms with Gasteiger partial charge in [-0.15, -0.1) is 0 Å². The van der Waals surface area contributed by atoms with E-state index in [9.17, 15) is 33.6 Å². The molecule has 1 aromatic carbocycles. The number of aliphatic hydroxyl groups is 1. The molecule has 37 heavy (non-hydrogen) atoms. The quantitative estimate of drug-likeness (QED) is 0.339. The second-order valence-corrected chi connectivity index (χ2v) is 10.7. The second-order valence-electron chi connectivity index (χ2n) is 8.84. The number of H-pyrrole nitrogens is 1. The van der Waals surface area contributed by atoms with Crippen LogP contribution in [0.2, 0.25) is 0 Å². The van der Waals surface area contributed by atoms with Crippen molar-refractivity contribution in [2.24, 2.45) is 5.92 Å². The van der Waals surface area contributed by atoms with Crippen LogP contribution in [0.5, 0.6) is 5.75 Å². The fourth-order valence-electron chi connectivity index (χ4n) is 3.67. The van der Waals surface area contributed by atoms with Crippen LogP contribution >= 0.6 is 7.75 Å². The summed E-state index contributed by atoms with van der Waals surface area (Å²) < 4.78 is 47.8. The highest BCUT2D eigenvalue weighted by Crippen LogP contribution is 2.54. The Balaban J connectivity index is 1.89. The molecule has 1 aliphatic rings. The van der Waals surface area contributed by atoms with Gasteiger partial charge in [0.25, 0.3) is 5.56 Å². The van der Waals surface area contributed by atoms with Crippen molar-refractivity contribution in [2.75, 3.05) is 13.2 Å². The number of carbonyl (C=O) groups is 1. The SMILES string of the molecule is CCC(C)CN([C@@H](C)C(=O)O)[P@@](=O)(OC[C@H]1O[C@@H](n2ccc(=O)[nH]c2=O)[C@H](F)[C@@H]1O)Oc1ccccc1. The van der Waals surface area contributed by atoms with Crippen molar-refractivity contribution in [2.45, 2.75) is 57.8 Å². The maximum atomic E-state index is 14.9. The van der Waals surface area contributed by atoms with Gasteiger partial charge in [-0.3, -0.25) is 23.7 Å². The number of aliphatic hydroxyl groups excluding tert-OH is 1. The molecule has 1 unspecified atom stereocenters. The van der Waals surface area contributed by atoms with Crippen LogP contribution in [0.15, 0.2) is 52.2 Å². The molecular weight excluding hydrogens is 512 g/mol. The van der Waals surface area contributed by atoms with E-state index >= 15 is 0 Å². The maximum absolute atomic E-state index is 14.9. The van der Waals surface area contributed by atoms with Crippen LogP contribution in [-0.2, 0) is 18.6 Å². The van der Waals surface area contributed by atoms with Gasteiger partial charge in [0.1, 0.15) is 24.0 Å². The summed E-state index contributed by atoms with van der Waals surface area (Å²) in [6.45, 7) is 4.47. The van der Waals surface area contributed by atoms with Crippen LogP contribution in [0.25, 0.3) is 0 Å². The van der Waals surface area contributed by atoms with Gasteiger partial charge in [-0.1, -0.05) is 38.5 Å². The Morgan fingerprint density at radius 1 is 1.27 bits per heavy atom. The van der Waals surface area contributed by atoms with Crippen molar-refractivity contribution in [1.29, 1.82) is 0 Å². The number of hydrogen-bond donors (Lipinski definition) is 3. The summed E-state index contributed by atoms with van der Waals surface area (Å²) in [5, 5.41) is 20.1. The van der Waals surface area contributed by atoms with Gasteiger partial charge in [-0.05, 0) is 25.0 Å². The monoisotopic (exact) mass is 543 g/mol. The van der Waals surface area contributed by atoms with Gasteiger partial charge in [0.15, 0.2) is 12.4 Å². The standard InChI is InChI=1S/C23H31FN3O9P/c1-4-14(2)12-27(15(3)22(30)31)37(33,36-16-8-6-5-7-9-16)34-13-17-20(29)19(24)21(35-17)26-11-10-18(28)25-23(26)32/h5-11,14-15,17,19-21,29H,4,12-13H2,1-3H3,(H,30,31)(H,25,28,32)/t14?,15-,17+,19+,20+,21+,37+/m0/s1. The van der Waals surface area contributed by atoms with Crippen LogP contribution in [0.1, 0.15) is 33.4 Å². The number of alkyl halides is 1. The summed E-state index contributed by atoms with van der Waals surface area (Å²) in [7, 11) is -4.41. The normalized spacial score (nSPS) is 24.9. The molecule has 12 nitrogen and oxygen atoms in total. The van der Waals surface area contributed by atoms with Crippen molar-refractivity contribution in [3.05, 3.63) is 63.4 Å².